The first-order valence-corrected chi connectivity index (χ1v) is 5.11. The van der Waals surface area contributed by atoms with Crippen LogP contribution in [0.4, 0.5) is 13.2 Å². The molecule has 0 aliphatic heterocycles. The molecule has 13 heavy (non-hydrogen) atoms. The summed E-state index contributed by atoms with van der Waals surface area (Å²) in [6.45, 7) is 0. The lowest BCUT2D eigenvalue weighted by molar-refractivity contribution is -0.139. The Balaban J connectivity index is 3.35. The van der Waals surface area contributed by atoms with Gasteiger partial charge in [0, 0.05) is 13.8 Å². The van der Waals surface area contributed by atoms with Crippen LogP contribution in [0.2, 0.25) is 0 Å². The molecule has 0 aromatic heterocycles. The molecule has 0 heterocycles. The largest absolute Gasteiger partial charge is 0.417 e. The molecular formula is C7H3Br2F3S. The molecule has 0 spiro atoms. The van der Waals surface area contributed by atoms with Gasteiger partial charge in [-0.25, -0.2) is 0 Å². The minimum Gasteiger partial charge on any atom is -0.166 e. The van der Waals surface area contributed by atoms with Gasteiger partial charge in [-0.3, -0.25) is 0 Å². The highest BCUT2D eigenvalue weighted by atomic mass is 79.9. The van der Waals surface area contributed by atoms with Gasteiger partial charge in [0.2, 0.25) is 0 Å². The summed E-state index contributed by atoms with van der Waals surface area (Å²) in [4.78, 5) is -0.109. The summed E-state index contributed by atoms with van der Waals surface area (Å²) in [5, 5.41) is 0. The lowest BCUT2D eigenvalue weighted by Gasteiger charge is -2.11. The van der Waals surface area contributed by atoms with E-state index >= 15 is 0 Å². The summed E-state index contributed by atoms with van der Waals surface area (Å²) in [6.07, 6.45) is -4.36. The van der Waals surface area contributed by atoms with Crippen LogP contribution in [0.15, 0.2) is 26.0 Å². The zero-order valence-corrected chi connectivity index (χ0v) is 10.1. The van der Waals surface area contributed by atoms with Crippen molar-refractivity contribution in [2.24, 2.45) is 0 Å². The maximum Gasteiger partial charge on any atom is 0.417 e. The molecule has 0 amide bonds. The third-order valence-electron chi connectivity index (χ3n) is 1.37. The molecular weight excluding hydrogens is 333 g/mol. The predicted molar refractivity (Wildman–Crippen MR) is 54.1 cm³/mol. The molecule has 0 radical (unpaired) electrons. The van der Waals surface area contributed by atoms with Gasteiger partial charge in [0.1, 0.15) is 0 Å². The van der Waals surface area contributed by atoms with E-state index in [1.54, 1.807) is 0 Å². The minimum atomic E-state index is -4.36. The van der Waals surface area contributed by atoms with Gasteiger partial charge in [-0.15, -0.1) is 12.6 Å². The Morgan fingerprint density at radius 1 is 1.15 bits per heavy atom. The SMILES string of the molecule is FC(F)(F)c1ccc(Br)c(Br)c1S. The van der Waals surface area contributed by atoms with Gasteiger partial charge >= 0.3 is 6.18 Å². The number of hydrogen-bond donors (Lipinski definition) is 1. The van der Waals surface area contributed by atoms with Gasteiger partial charge in [-0.1, -0.05) is 0 Å². The fourth-order valence-electron chi connectivity index (χ4n) is 0.769. The number of thiol groups is 1. The average Bonchev–Trinajstić information content (AvgIpc) is 1.98. The first-order chi connectivity index (χ1) is 5.84. The van der Waals surface area contributed by atoms with E-state index in [2.05, 4.69) is 44.5 Å². The standard InChI is InChI=1S/C7H3Br2F3S/c8-4-2-1-3(7(10,11)12)6(13)5(4)9/h1-2,13H. The second kappa shape index (κ2) is 3.82. The van der Waals surface area contributed by atoms with E-state index in [1.165, 1.54) is 6.07 Å². The van der Waals surface area contributed by atoms with Crippen LogP contribution in [0.25, 0.3) is 0 Å². The van der Waals surface area contributed by atoms with Gasteiger partial charge in [-0.05, 0) is 44.0 Å². The van der Waals surface area contributed by atoms with Crippen molar-refractivity contribution in [1.29, 1.82) is 0 Å². The molecule has 0 bridgehead atoms. The number of hydrogen-bond acceptors (Lipinski definition) is 1. The van der Waals surface area contributed by atoms with Crippen LogP contribution in [0.1, 0.15) is 5.56 Å². The zero-order chi connectivity index (χ0) is 10.2. The van der Waals surface area contributed by atoms with E-state index in [1.807, 2.05) is 0 Å². The molecule has 0 nitrogen and oxygen atoms in total. The summed E-state index contributed by atoms with van der Waals surface area (Å²) < 4.78 is 37.7. The smallest absolute Gasteiger partial charge is 0.166 e. The maximum absolute atomic E-state index is 12.3. The van der Waals surface area contributed by atoms with E-state index in [0.29, 0.717) is 8.95 Å². The van der Waals surface area contributed by atoms with Crippen molar-refractivity contribution in [2.45, 2.75) is 11.1 Å². The van der Waals surface area contributed by atoms with Crippen LogP contribution in [-0.2, 0) is 6.18 Å². The highest BCUT2D eigenvalue weighted by Crippen LogP contribution is 2.39. The third kappa shape index (κ3) is 2.41. The summed E-state index contributed by atoms with van der Waals surface area (Å²) >= 11 is 9.86. The van der Waals surface area contributed by atoms with E-state index in [4.69, 9.17) is 0 Å². The van der Waals surface area contributed by atoms with E-state index in [-0.39, 0.29) is 4.90 Å². The van der Waals surface area contributed by atoms with Crippen LogP contribution in [0.5, 0.6) is 0 Å². The molecule has 1 aromatic rings. The lowest BCUT2D eigenvalue weighted by Crippen LogP contribution is -2.06. The third-order valence-corrected chi connectivity index (χ3v) is 4.16. The Hall–Kier alpha value is 0.320. The van der Waals surface area contributed by atoms with Gasteiger partial charge < -0.3 is 0 Å². The Kier molecular flexibility index (Phi) is 3.35. The normalized spacial score (nSPS) is 11.8. The molecule has 6 heteroatoms. The second-order valence-corrected chi connectivity index (χ2v) is 4.35. The Bertz CT molecular complexity index is 335. The van der Waals surface area contributed by atoms with Crippen LogP contribution >= 0.6 is 44.5 Å². The molecule has 0 fully saturated rings. The number of benzene rings is 1. The molecule has 0 saturated carbocycles. The first kappa shape index (κ1) is 11.4. The minimum absolute atomic E-state index is 0.109. The van der Waals surface area contributed by atoms with Gasteiger partial charge in [-0.2, -0.15) is 13.2 Å². The van der Waals surface area contributed by atoms with Crippen molar-refractivity contribution in [2.75, 3.05) is 0 Å². The van der Waals surface area contributed by atoms with Crippen molar-refractivity contribution in [3.63, 3.8) is 0 Å². The molecule has 1 rings (SSSR count). The number of halogens is 5. The van der Waals surface area contributed by atoms with E-state index in [0.717, 1.165) is 6.07 Å². The molecule has 72 valence electrons. The fourth-order valence-corrected chi connectivity index (χ4v) is 1.92. The van der Waals surface area contributed by atoms with Gasteiger partial charge in [0.25, 0.3) is 0 Å². The van der Waals surface area contributed by atoms with E-state index in [9.17, 15) is 13.2 Å². The highest BCUT2D eigenvalue weighted by Gasteiger charge is 2.33. The molecule has 0 atom stereocenters. The van der Waals surface area contributed by atoms with Crippen molar-refractivity contribution >= 4 is 44.5 Å². The quantitative estimate of drug-likeness (QED) is 0.662. The van der Waals surface area contributed by atoms with Crippen LogP contribution in [0, 0.1) is 0 Å². The number of rotatable bonds is 0. The monoisotopic (exact) mass is 334 g/mol. The van der Waals surface area contributed by atoms with Crippen LogP contribution in [-0.4, -0.2) is 0 Å². The summed E-state index contributed by atoms with van der Waals surface area (Å²) in [6, 6.07) is 2.31. The van der Waals surface area contributed by atoms with Gasteiger partial charge in [0.05, 0.1) is 5.56 Å². The number of alkyl halides is 3. The van der Waals surface area contributed by atoms with E-state index < -0.39 is 11.7 Å². The van der Waals surface area contributed by atoms with Crippen molar-refractivity contribution < 1.29 is 13.2 Å². The first-order valence-electron chi connectivity index (χ1n) is 3.08. The predicted octanol–water partition coefficient (Wildman–Crippen LogP) is 4.52. The Morgan fingerprint density at radius 2 is 1.69 bits per heavy atom. The summed E-state index contributed by atoms with van der Waals surface area (Å²) in [5.74, 6) is 0. The van der Waals surface area contributed by atoms with Crippen molar-refractivity contribution in [1.82, 2.24) is 0 Å². The molecule has 0 aliphatic rings. The molecule has 0 saturated heterocycles. The van der Waals surface area contributed by atoms with Gasteiger partial charge in [0.15, 0.2) is 0 Å². The second-order valence-electron chi connectivity index (χ2n) is 2.26. The molecule has 0 unspecified atom stereocenters. The molecule has 0 N–H and O–H groups in total. The maximum atomic E-state index is 12.3. The highest BCUT2D eigenvalue weighted by molar-refractivity contribution is 9.13. The van der Waals surface area contributed by atoms with Crippen LogP contribution < -0.4 is 0 Å². The summed E-state index contributed by atoms with van der Waals surface area (Å²) in [7, 11) is 0. The van der Waals surface area contributed by atoms with Crippen LogP contribution in [0.3, 0.4) is 0 Å². The Labute approximate surface area is 95.2 Å². The molecule has 0 aliphatic carbocycles. The lowest BCUT2D eigenvalue weighted by atomic mass is 10.2. The topological polar surface area (TPSA) is 0 Å². The fraction of sp³-hybridized carbons (Fsp3) is 0.143. The Morgan fingerprint density at radius 3 is 2.15 bits per heavy atom. The average molecular weight is 336 g/mol. The molecule has 1 aromatic carbocycles. The van der Waals surface area contributed by atoms with Crippen molar-refractivity contribution in [3.05, 3.63) is 26.6 Å². The summed E-state index contributed by atoms with van der Waals surface area (Å²) in [5.41, 5.74) is -0.745. The zero-order valence-electron chi connectivity index (χ0n) is 5.99. The van der Waals surface area contributed by atoms with Crippen molar-refractivity contribution in [3.8, 4) is 0 Å².